The van der Waals surface area contributed by atoms with Crippen molar-refractivity contribution in [2.75, 3.05) is 6.79 Å². The average molecular weight is 422 g/mol. The molecule has 2 N–H and O–H groups in total. The number of nitrogens with one attached hydrogen (secondary N) is 2. The molecule has 4 rings (SSSR count). The Kier molecular flexibility index (Phi) is 5.83. The number of carbonyl (C=O) groups excluding carboxylic acids is 2. The normalized spacial score (nSPS) is 12.0. The van der Waals surface area contributed by atoms with Crippen LogP contribution in [-0.4, -0.2) is 28.4 Å². The Balaban J connectivity index is 1.57. The quantitative estimate of drug-likeness (QED) is 0.466. The fourth-order valence-corrected chi connectivity index (χ4v) is 3.42. The maximum atomic E-state index is 12.9. The second kappa shape index (κ2) is 8.86. The number of fused-ring (bicyclic) bond motifs is 2. The summed E-state index contributed by atoms with van der Waals surface area (Å²) in [7, 11) is 0. The molecule has 0 bridgehead atoms. The van der Waals surface area contributed by atoms with Gasteiger partial charge in [0.15, 0.2) is 17.2 Å². The topological polar surface area (TPSA) is 112 Å². The predicted octanol–water partition coefficient (Wildman–Crippen LogP) is 2.39. The van der Waals surface area contributed by atoms with E-state index in [1.165, 1.54) is 4.68 Å². The third kappa shape index (κ3) is 4.07. The van der Waals surface area contributed by atoms with Crippen LogP contribution in [0.2, 0.25) is 0 Å². The third-order valence-corrected chi connectivity index (χ3v) is 4.99. The Morgan fingerprint density at radius 2 is 1.77 bits per heavy atom. The summed E-state index contributed by atoms with van der Waals surface area (Å²) in [5, 5.41) is 5.10. The fraction of sp³-hybridized carbons (Fsp3) is 0.273. The van der Waals surface area contributed by atoms with E-state index in [9.17, 15) is 14.4 Å². The minimum absolute atomic E-state index is 0.0292. The first-order chi connectivity index (χ1) is 15.1. The number of hydrogen-bond acceptors (Lipinski definition) is 6. The van der Waals surface area contributed by atoms with Gasteiger partial charge in [-0.05, 0) is 24.6 Å². The van der Waals surface area contributed by atoms with Gasteiger partial charge in [-0.15, -0.1) is 0 Å². The van der Waals surface area contributed by atoms with Crippen LogP contribution in [-0.2, 0) is 6.54 Å². The molecule has 0 atom stereocenters. The zero-order valence-corrected chi connectivity index (χ0v) is 17.0. The van der Waals surface area contributed by atoms with Crippen molar-refractivity contribution >= 4 is 22.6 Å². The third-order valence-electron chi connectivity index (χ3n) is 4.99. The molecule has 0 radical (unpaired) electrons. The van der Waals surface area contributed by atoms with Gasteiger partial charge in [0.2, 0.25) is 6.79 Å². The molecule has 0 fully saturated rings. The molecule has 2 heterocycles. The van der Waals surface area contributed by atoms with Crippen molar-refractivity contribution in [3.8, 4) is 11.5 Å². The molecule has 1 aliphatic heterocycles. The van der Waals surface area contributed by atoms with E-state index in [0.29, 0.717) is 28.8 Å². The Bertz CT molecular complexity index is 1200. The predicted molar refractivity (Wildman–Crippen MR) is 113 cm³/mol. The minimum atomic E-state index is -0.626. The second-order valence-corrected chi connectivity index (χ2v) is 7.08. The Morgan fingerprint density at radius 3 is 2.58 bits per heavy atom. The number of rotatable bonds is 6. The zero-order valence-electron chi connectivity index (χ0n) is 17.0. The zero-order chi connectivity index (χ0) is 21.8. The highest BCUT2D eigenvalue weighted by atomic mass is 16.7. The lowest BCUT2D eigenvalue weighted by atomic mass is 10.1. The SMILES string of the molecule is CCCCCn1nc(C(=O)NNC(=O)c2cccc3c2OCO3)c2ccccc2c1=O. The van der Waals surface area contributed by atoms with Gasteiger partial charge in [0.05, 0.1) is 10.9 Å². The number of nitrogens with zero attached hydrogens (tertiary/aromatic N) is 2. The summed E-state index contributed by atoms with van der Waals surface area (Å²) < 4.78 is 11.9. The summed E-state index contributed by atoms with van der Waals surface area (Å²) in [6.07, 6.45) is 2.73. The molecule has 1 aromatic heterocycles. The lowest BCUT2D eigenvalue weighted by molar-refractivity contribution is 0.0841. The molecule has 3 aromatic rings. The van der Waals surface area contributed by atoms with E-state index in [-0.39, 0.29) is 23.6 Å². The van der Waals surface area contributed by atoms with Crippen LogP contribution >= 0.6 is 0 Å². The van der Waals surface area contributed by atoms with Crippen LogP contribution in [0.15, 0.2) is 47.3 Å². The monoisotopic (exact) mass is 422 g/mol. The summed E-state index contributed by atoms with van der Waals surface area (Å²) in [6.45, 7) is 2.51. The Hall–Kier alpha value is -3.88. The van der Waals surface area contributed by atoms with Crippen molar-refractivity contribution in [3.63, 3.8) is 0 Å². The largest absolute Gasteiger partial charge is 0.454 e. The average Bonchev–Trinajstić information content (AvgIpc) is 3.28. The van der Waals surface area contributed by atoms with E-state index in [1.807, 2.05) is 0 Å². The van der Waals surface area contributed by atoms with Gasteiger partial charge in [0.1, 0.15) is 0 Å². The maximum absolute atomic E-state index is 12.9. The molecule has 31 heavy (non-hydrogen) atoms. The number of aryl methyl sites for hydroxylation is 1. The van der Waals surface area contributed by atoms with Gasteiger partial charge in [0.25, 0.3) is 17.4 Å². The van der Waals surface area contributed by atoms with Crippen LogP contribution in [0.1, 0.15) is 47.0 Å². The van der Waals surface area contributed by atoms with E-state index in [1.54, 1.807) is 42.5 Å². The van der Waals surface area contributed by atoms with Crippen molar-refractivity contribution in [2.45, 2.75) is 32.7 Å². The number of benzene rings is 2. The highest BCUT2D eigenvalue weighted by molar-refractivity contribution is 6.06. The lowest BCUT2D eigenvalue weighted by Crippen LogP contribution is -2.43. The summed E-state index contributed by atoms with van der Waals surface area (Å²) >= 11 is 0. The standard InChI is InChI=1S/C22H22N4O5/c1-2-3-6-12-26-22(29)15-9-5-4-8-14(15)18(25-26)21(28)24-23-20(27)16-10-7-11-17-19(16)31-13-30-17/h4-5,7-11H,2-3,6,12-13H2,1H3,(H,23,27)(H,24,28). The van der Waals surface area contributed by atoms with Gasteiger partial charge in [-0.25, -0.2) is 4.68 Å². The van der Waals surface area contributed by atoms with Crippen molar-refractivity contribution in [2.24, 2.45) is 0 Å². The van der Waals surface area contributed by atoms with E-state index >= 15 is 0 Å². The van der Waals surface area contributed by atoms with E-state index in [4.69, 9.17) is 9.47 Å². The van der Waals surface area contributed by atoms with Crippen LogP contribution in [0, 0.1) is 0 Å². The van der Waals surface area contributed by atoms with Crippen LogP contribution < -0.4 is 25.9 Å². The number of aromatic nitrogens is 2. The first-order valence-corrected chi connectivity index (χ1v) is 10.1. The number of amides is 2. The van der Waals surface area contributed by atoms with Crippen LogP contribution in [0.4, 0.5) is 0 Å². The van der Waals surface area contributed by atoms with E-state index < -0.39 is 11.8 Å². The molecular formula is C22H22N4O5. The number of hydrogen-bond donors (Lipinski definition) is 2. The first-order valence-electron chi connectivity index (χ1n) is 10.1. The molecular weight excluding hydrogens is 400 g/mol. The van der Waals surface area contributed by atoms with Gasteiger partial charge in [0, 0.05) is 11.9 Å². The van der Waals surface area contributed by atoms with Crippen molar-refractivity contribution in [1.29, 1.82) is 0 Å². The highest BCUT2D eigenvalue weighted by Crippen LogP contribution is 2.35. The van der Waals surface area contributed by atoms with Crippen LogP contribution in [0.5, 0.6) is 11.5 Å². The van der Waals surface area contributed by atoms with Crippen molar-refractivity contribution in [3.05, 3.63) is 64.1 Å². The molecule has 0 unspecified atom stereocenters. The van der Waals surface area contributed by atoms with Crippen molar-refractivity contribution < 1.29 is 19.1 Å². The smallest absolute Gasteiger partial charge is 0.290 e. The molecule has 0 saturated carbocycles. The Morgan fingerprint density at radius 1 is 1.00 bits per heavy atom. The van der Waals surface area contributed by atoms with Crippen LogP contribution in [0.3, 0.4) is 0 Å². The highest BCUT2D eigenvalue weighted by Gasteiger charge is 2.23. The number of carbonyl (C=O) groups is 2. The van der Waals surface area contributed by atoms with Gasteiger partial charge >= 0.3 is 0 Å². The molecule has 2 aromatic carbocycles. The molecule has 0 spiro atoms. The number of unbranched alkanes of at least 4 members (excludes halogenated alkanes) is 2. The summed E-state index contributed by atoms with van der Waals surface area (Å²) in [6, 6.07) is 11.7. The van der Waals surface area contributed by atoms with E-state index in [0.717, 1.165) is 19.3 Å². The fourth-order valence-electron chi connectivity index (χ4n) is 3.42. The molecule has 2 amide bonds. The summed E-state index contributed by atoms with van der Waals surface area (Å²) in [5.41, 5.74) is 4.81. The van der Waals surface area contributed by atoms with E-state index in [2.05, 4.69) is 22.9 Å². The van der Waals surface area contributed by atoms with Gasteiger partial charge in [-0.1, -0.05) is 44.0 Å². The molecule has 9 nitrogen and oxygen atoms in total. The lowest BCUT2D eigenvalue weighted by Gasteiger charge is -2.12. The van der Waals surface area contributed by atoms with Gasteiger partial charge < -0.3 is 9.47 Å². The second-order valence-electron chi connectivity index (χ2n) is 7.08. The molecule has 9 heteroatoms. The molecule has 1 aliphatic rings. The first kappa shape index (κ1) is 20.4. The molecule has 0 aliphatic carbocycles. The number of para-hydroxylation sites is 1. The summed E-state index contributed by atoms with van der Waals surface area (Å²) in [5.74, 6) is -0.400. The van der Waals surface area contributed by atoms with Gasteiger partial charge in [-0.3, -0.25) is 25.2 Å². The molecule has 160 valence electrons. The molecule has 0 saturated heterocycles. The Labute approximate surface area is 177 Å². The number of ether oxygens (including phenoxy) is 2. The summed E-state index contributed by atoms with van der Waals surface area (Å²) in [4.78, 5) is 38.2. The van der Waals surface area contributed by atoms with Gasteiger partial charge in [-0.2, -0.15) is 5.10 Å². The maximum Gasteiger partial charge on any atom is 0.290 e. The number of hydrazine groups is 1. The minimum Gasteiger partial charge on any atom is -0.454 e. The van der Waals surface area contributed by atoms with Crippen LogP contribution in [0.25, 0.3) is 10.8 Å². The van der Waals surface area contributed by atoms with Crippen molar-refractivity contribution in [1.82, 2.24) is 20.6 Å².